The van der Waals surface area contributed by atoms with E-state index in [-0.39, 0.29) is 5.92 Å². The molecule has 0 spiro atoms. The summed E-state index contributed by atoms with van der Waals surface area (Å²) in [5.41, 5.74) is 0.972. The first-order chi connectivity index (χ1) is 8.11. The van der Waals surface area contributed by atoms with Gasteiger partial charge in [0.25, 0.3) is 0 Å². The average molecular weight is 297 g/mol. The zero-order valence-electron chi connectivity index (χ0n) is 10.2. The average Bonchev–Trinajstić information content (AvgIpc) is 3.12. The van der Waals surface area contributed by atoms with Gasteiger partial charge in [-0.1, -0.05) is 22.9 Å². The van der Waals surface area contributed by atoms with Gasteiger partial charge < -0.3 is 4.74 Å². The fourth-order valence-electron chi connectivity index (χ4n) is 2.09. The maximum atomic E-state index is 12.1. The Bertz CT molecular complexity index is 424. The molecule has 1 aromatic carbocycles. The zero-order chi connectivity index (χ0) is 12.4. The molecule has 0 heterocycles. The van der Waals surface area contributed by atoms with Gasteiger partial charge in [-0.15, -0.1) is 0 Å². The highest BCUT2D eigenvalue weighted by atomic mass is 79.9. The zero-order valence-corrected chi connectivity index (χ0v) is 11.8. The lowest BCUT2D eigenvalue weighted by molar-refractivity contribution is -0.122. The first-order valence-electron chi connectivity index (χ1n) is 5.97. The maximum absolute atomic E-state index is 12.1. The molecule has 0 bridgehead atoms. The summed E-state index contributed by atoms with van der Waals surface area (Å²) >= 11 is 3.43. The molecule has 92 valence electrons. The Hall–Kier alpha value is -0.830. The summed E-state index contributed by atoms with van der Waals surface area (Å²) < 4.78 is 6.27. The molecular formula is C14H17BrO2. The number of methoxy groups -OCH3 is 1. The number of ether oxygens (including phenoxy) is 1. The number of halogens is 1. The van der Waals surface area contributed by atoms with Crippen LogP contribution in [0.15, 0.2) is 22.7 Å². The van der Waals surface area contributed by atoms with Gasteiger partial charge in [-0.25, -0.2) is 0 Å². The van der Waals surface area contributed by atoms with E-state index in [0.717, 1.165) is 15.8 Å². The van der Waals surface area contributed by atoms with Crippen molar-refractivity contribution in [2.45, 2.75) is 26.2 Å². The second kappa shape index (κ2) is 5.21. The molecule has 1 fully saturated rings. The van der Waals surface area contributed by atoms with E-state index in [1.807, 2.05) is 25.1 Å². The van der Waals surface area contributed by atoms with Crippen molar-refractivity contribution in [2.24, 2.45) is 11.8 Å². The summed E-state index contributed by atoms with van der Waals surface area (Å²) in [5.74, 6) is 1.94. The van der Waals surface area contributed by atoms with Gasteiger partial charge in [-0.3, -0.25) is 4.79 Å². The van der Waals surface area contributed by atoms with Crippen LogP contribution in [0.3, 0.4) is 0 Å². The van der Waals surface area contributed by atoms with E-state index in [9.17, 15) is 4.79 Å². The van der Waals surface area contributed by atoms with Crippen LogP contribution in [0.2, 0.25) is 0 Å². The Morgan fingerprint density at radius 1 is 1.53 bits per heavy atom. The van der Waals surface area contributed by atoms with Crippen LogP contribution < -0.4 is 4.74 Å². The molecule has 0 saturated heterocycles. The van der Waals surface area contributed by atoms with Gasteiger partial charge >= 0.3 is 0 Å². The number of benzene rings is 1. The molecule has 0 aromatic heterocycles. The van der Waals surface area contributed by atoms with Crippen molar-refractivity contribution in [3.05, 3.63) is 28.2 Å². The van der Waals surface area contributed by atoms with Crippen LogP contribution >= 0.6 is 15.9 Å². The molecule has 1 aromatic rings. The summed E-state index contributed by atoms with van der Waals surface area (Å²) in [6.45, 7) is 2.05. The summed E-state index contributed by atoms with van der Waals surface area (Å²) in [6.07, 6.45) is 2.89. The third-order valence-electron chi connectivity index (χ3n) is 3.44. The summed E-state index contributed by atoms with van der Waals surface area (Å²) in [4.78, 5) is 12.1. The quantitative estimate of drug-likeness (QED) is 0.830. The minimum atomic E-state index is 0.193. The minimum absolute atomic E-state index is 0.193. The topological polar surface area (TPSA) is 26.3 Å². The van der Waals surface area contributed by atoms with E-state index in [2.05, 4.69) is 15.9 Å². The predicted octanol–water partition coefficient (Wildman–Crippen LogP) is 3.62. The molecule has 0 aliphatic heterocycles. The van der Waals surface area contributed by atoms with Crippen LogP contribution in [0.1, 0.15) is 25.3 Å². The molecule has 0 N–H and O–H groups in total. The van der Waals surface area contributed by atoms with Crippen LogP contribution in [0.25, 0.3) is 0 Å². The number of Topliss-reactive ketones (excluding diaryl/α,β-unsaturated/α-hetero) is 1. The first-order valence-corrected chi connectivity index (χ1v) is 6.76. The number of hydrogen-bond acceptors (Lipinski definition) is 2. The lowest BCUT2D eigenvalue weighted by Crippen LogP contribution is -2.15. The Labute approximate surface area is 110 Å². The first kappa shape index (κ1) is 12.6. The van der Waals surface area contributed by atoms with E-state index >= 15 is 0 Å². The molecule has 17 heavy (non-hydrogen) atoms. The Morgan fingerprint density at radius 2 is 2.24 bits per heavy atom. The molecule has 2 nitrogen and oxygen atoms in total. The van der Waals surface area contributed by atoms with Crippen molar-refractivity contribution in [3.63, 3.8) is 0 Å². The van der Waals surface area contributed by atoms with E-state index in [1.165, 1.54) is 12.8 Å². The van der Waals surface area contributed by atoms with Crippen molar-refractivity contribution in [1.82, 2.24) is 0 Å². The Morgan fingerprint density at radius 3 is 2.82 bits per heavy atom. The highest BCUT2D eigenvalue weighted by molar-refractivity contribution is 9.10. The lowest BCUT2D eigenvalue weighted by atomic mass is 9.95. The standard InChI is InChI=1S/C14H17BrO2/c1-9(10-3-4-10)13(16)8-11-7-12(15)5-6-14(11)17-2/h5-7,9-10H,3-4,8H2,1-2H3. The van der Waals surface area contributed by atoms with Crippen LogP contribution in [0.4, 0.5) is 0 Å². The third-order valence-corrected chi connectivity index (χ3v) is 3.94. The smallest absolute Gasteiger partial charge is 0.140 e. The van der Waals surface area contributed by atoms with Gasteiger partial charge in [0, 0.05) is 22.4 Å². The molecule has 1 aliphatic carbocycles. The number of rotatable bonds is 5. The number of ketones is 1. The minimum Gasteiger partial charge on any atom is -0.496 e. The van der Waals surface area contributed by atoms with Gasteiger partial charge in [-0.2, -0.15) is 0 Å². The molecule has 1 atom stereocenters. The van der Waals surface area contributed by atoms with Crippen molar-refractivity contribution < 1.29 is 9.53 Å². The summed E-state index contributed by atoms with van der Waals surface area (Å²) in [6, 6.07) is 5.79. The monoisotopic (exact) mass is 296 g/mol. The van der Waals surface area contributed by atoms with Crippen molar-refractivity contribution >= 4 is 21.7 Å². The van der Waals surface area contributed by atoms with Crippen molar-refractivity contribution in [1.29, 1.82) is 0 Å². The predicted molar refractivity (Wildman–Crippen MR) is 71.3 cm³/mol. The molecule has 0 amide bonds. The molecule has 3 heteroatoms. The van der Waals surface area contributed by atoms with Crippen LogP contribution in [-0.2, 0) is 11.2 Å². The van der Waals surface area contributed by atoms with Crippen LogP contribution in [0.5, 0.6) is 5.75 Å². The number of hydrogen-bond donors (Lipinski definition) is 0. The molecule has 1 unspecified atom stereocenters. The fourth-order valence-corrected chi connectivity index (χ4v) is 2.50. The van der Waals surface area contributed by atoms with Gasteiger partial charge in [0.05, 0.1) is 7.11 Å². The highest BCUT2D eigenvalue weighted by Crippen LogP contribution is 2.37. The summed E-state index contributed by atoms with van der Waals surface area (Å²) in [5, 5.41) is 0. The summed E-state index contributed by atoms with van der Waals surface area (Å²) in [7, 11) is 1.64. The maximum Gasteiger partial charge on any atom is 0.140 e. The van der Waals surface area contributed by atoms with Gasteiger partial charge in [0.15, 0.2) is 0 Å². The van der Waals surface area contributed by atoms with E-state index in [0.29, 0.717) is 18.1 Å². The van der Waals surface area contributed by atoms with E-state index < -0.39 is 0 Å². The molecular weight excluding hydrogens is 280 g/mol. The third kappa shape index (κ3) is 3.09. The number of carbonyl (C=O) groups excluding carboxylic acids is 1. The SMILES string of the molecule is COc1ccc(Br)cc1CC(=O)C(C)C1CC1. The normalized spacial score (nSPS) is 16.6. The van der Waals surface area contributed by atoms with Gasteiger partial charge in [-0.05, 0) is 37.0 Å². The second-order valence-electron chi connectivity index (χ2n) is 4.73. The largest absolute Gasteiger partial charge is 0.496 e. The Kier molecular flexibility index (Phi) is 3.87. The van der Waals surface area contributed by atoms with Crippen LogP contribution in [-0.4, -0.2) is 12.9 Å². The number of carbonyl (C=O) groups is 1. The molecule has 1 saturated carbocycles. The fraction of sp³-hybridized carbons (Fsp3) is 0.500. The van der Waals surface area contributed by atoms with Crippen molar-refractivity contribution in [3.8, 4) is 5.75 Å². The van der Waals surface area contributed by atoms with Crippen LogP contribution in [0, 0.1) is 11.8 Å². The Balaban J connectivity index is 2.11. The molecule has 1 aliphatic rings. The van der Waals surface area contributed by atoms with Crippen molar-refractivity contribution in [2.75, 3.05) is 7.11 Å². The van der Waals surface area contributed by atoms with Gasteiger partial charge in [0.2, 0.25) is 0 Å². The molecule has 2 rings (SSSR count). The van der Waals surface area contributed by atoms with Gasteiger partial charge in [0.1, 0.15) is 11.5 Å². The highest BCUT2D eigenvalue weighted by Gasteiger charge is 2.32. The second-order valence-corrected chi connectivity index (χ2v) is 5.64. The van der Waals surface area contributed by atoms with E-state index in [1.54, 1.807) is 7.11 Å². The van der Waals surface area contributed by atoms with E-state index in [4.69, 9.17) is 4.74 Å². The lowest BCUT2D eigenvalue weighted by Gasteiger charge is -2.12. The molecule has 0 radical (unpaired) electrons.